The zero-order valence-electron chi connectivity index (χ0n) is 21.0. The minimum atomic E-state index is 1.04. The molecule has 3 aromatic heterocycles. The third-order valence-corrected chi connectivity index (χ3v) is 8.05. The number of hydrogen-bond acceptors (Lipinski definition) is 0. The molecule has 0 N–H and O–H groups in total. The topological polar surface area (TPSA) is 14.8 Å². The van der Waals surface area contributed by atoms with Gasteiger partial charge >= 0.3 is 0 Å². The molecule has 0 bridgehead atoms. The fourth-order valence-electron chi connectivity index (χ4n) is 6.44. The van der Waals surface area contributed by atoms with Gasteiger partial charge in [0.2, 0.25) is 0 Å². The Kier molecular flexibility index (Phi) is 4.05. The third kappa shape index (κ3) is 2.71. The van der Waals surface area contributed by atoms with Crippen LogP contribution in [0.1, 0.15) is 0 Å². The normalized spacial score (nSPS) is 12.1. The minimum absolute atomic E-state index is 1.04. The fourth-order valence-corrected chi connectivity index (χ4v) is 6.44. The Morgan fingerprint density at radius 3 is 1.49 bits per heavy atom. The summed E-state index contributed by atoms with van der Waals surface area (Å²) < 4.78 is 6.97. The first kappa shape index (κ1) is 20.7. The van der Waals surface area contributed by atoms with Crippen molar-refractivity contribution in [3.05, 3.63) is 140 Å². The van der Waals surface area contributed by atoms with Gasteiger partial charge in [0.15, 0.2) is 0 Å². The van der Waals surface area contributed by atoms with E-state index < -0.39 is 0 Å². The van der Waals surface area contributed by atoms with Gasteiger partial charge in [0.25, 0.3) is 0 Å². The lowest BCUT2D eigenvalue weighted by atomic mass is 10.1. The molecule has 0 fully saturated rings. The molecule has 3 heterocycles. The minimum Gasteiger partial charge on any atom is -0.309 e. The number of rotatable bonds is 2. The lowest BCUT2D eigenvalue weighted by Crippen LogP contribution is -2.08. The van der Waals surface area contributed by atoms with Crippen LogP contribution in [0.15, 0.2) is 127 Å². The molecule has 180 valence electrons. The molecule has 3 nitrogen and oxygen atoms in total. The Bertz CT molecular complexity index is 2290. The van der Waals surface area contributed by atoms with E-state index in [9.17, 15) is 0 Å². The van der Waals surface area contributed by atoms with E-state index in [4.69, 9.17) is 0 Å². The summed E-state index contributed by atoms with van der Waals surface area (Å²) in [6, 6.07) is 52.5. The Hall–Kier alpha value is -5.28. The van der Waals surface area contributed by atoms with Gasteiger partial charge in [0.05, 0.1) is 33.1 Å². The van der Waals surface area contributed by atoms with Gasteiger partial charge in [-0.3, -0.25) is 0 Å². The van der Waals surface area contributed by atoms with E-state index in [1.807, 2.05) is 6.07 Å². The van der Waals surface area contributed by atoms with Crippen LogP contribution in [0.5, 0.6) is 0 Å². The van der Waals surface area contributed by atoms with Crippen LogP contribution in [0.3, 0.4) is 0 Å². The zero-order chi connectivity index (χ0) is 25.5. The highest BCUT2D eigenvalue weighted by Gasteiger charge is 2.19. The van der Waals surface area contributed by atoms with Gasteiger partial charge < -0.3 is 4.57 Å². The number of hydrogen-bond donors (Lipinski definition) is 0. The van der Waals surface area contributed by atoms with Crippen molar-refractivity contribution >= 4 is 65.4 Å². The fraction of sp³-hybridized carbons (Fsp3) is 0. The molecule has 0 aliphatic carbocycles. The standard InChI is InChI=1S/C36H21N3/c1-6-16-31-25(11-1)26-12-2-7-17-32(26)37(31)24-21-22-36-30(23-24)29-15-5-10-20-35(29)39(36)38-33-18-8-3-13-27(33)28-14-4-9-19-34(28)38/h1-18,20-21,23H. The van der Waals surface area contributed by atoms with E-state index in [2.05, 4.69) is 147 Å². The van der Waals surface area contributed by atoms with Crippen LogP contribution in [0.25, 0.3) is 71.1 Å². The average Bonchev–Trinajstić information content (AvgIpc) is 3.62. The van der Waals surface area contributed by atoms with E-state index in [0.717, 1.165) is 27.8 Å². The molecule has 0 saturated carbocycles. The second-order valence-electron chi connectivity index (χ2n) is 10.1. The van der Waals surface area contributed by atoms with Gasteiger partial charge in [-0.15, -0.1) is 0 Å². The largest absolute Gasteiger partial charge is 0.309 e. The Morgan fingerprint density at radius 1 is 0.410 bits per heavy atom. The van der Waals surface area contributed by atoms with Gasteiger partial charge in [-0.05, 0) is 36.4 Å². The van der Waals surface area contributed by atoms with Crippen LogP contribution in [0.2, 0.25) is 0 Å². The summed E-state index contributed by atoms with van der Waals surface area (Å²) in [6.07, 6.45) is 0. The molecule has 0 atom stereocenters. The van der Waals surface area contributed by atoms with Gasteiger partial charge in [-0.1, -0.05) is 91.0 Å². The lowest BCUT2D eigenvalue weighted by molar-refractivity contribution is 0.774. The molecule has 39 heavy (non-hydrogen) atoms. The van der Waals surface area contributed by atoms with E-state index in [1.165, 1.54) is 43.4 Å². The molecule has 0 spiro atoms. The van der Waals surface area contributed by atoms with Gasteiger partial charge in [-0.2, -0.15) is 0 Å². The molecule has 0 amide bonds. The molecular formula is C36H21N3. The van der Waals surface area contributed by atoms with Crippen LogP contribution in [0.4, 0.5) is 0 Å². The van der Waals surface area contributed by atoms with E-state index in [0.29, 0.717) is 0 Å². The maximum atomic E-state index is 3.72. The van der Waals surface area contributed by atoms with Crippen LogP contribution >= 0.6 is 0 Å². The van der Waals surface area contributed by atoms with Crippen molar-refractivity contribution in [3.63, 3.8) is 0 Å². The lowest BCUT2D eigenvalue weighted by Gasteiger charge is -2.13. The monoisotopic (exact) mass is 495 g/mol. The number of nitrogens with zero attached hydrogens (tertiary/aromatic N) is 3. The maximum Gasteiger partial charge on any atom is 0.0797 e. The smallest absolute Gasteiger partial charge is 0.0797 e. The van der Waals surface area contributed by atoms with Gasteiger partial charge in [0.1, 0.15) is 0 Å². The highest BCUT2D eigenvalue weighted by molar-refractivity contribution is 6.13. The quantitative estimate of drug-likeness (QED) is 0.227. The maximum absolute atomic E-state index is 3.72. The van der Waals surface area contributed by atoms with Crippen LogP contribution in [-0.2, 0) is 0 Å². The predicted molar refractivity (Wildman–Crippen MR) is 162 cm³/mol. The number of benzene rings is 6. The zero-order valence-corrected chi connectivity index (χ0v) is 21.0. The van der Waals surface area contributed by atoms with Crippen molar-refractivity contribution in [1.29, 1.82) is 0 Å². The van der Waals surface area contributed by atoms with Crippen molar-refractivity contribution in [2.45, 2.75) is 0 Å². The Labute approximate surface area is 224 Å². The second kappa shape index (κ2) is 7.62. The number of aromatic nitrogens is 3. The summed E-state index contributed by atoms with van der Waals surface area (Å²) in [5.41, 5.74) is 7.90. The van der Waals surface area contributed by atoms with Gasteiger partial charge in [0, 0.05) is 50.1 Å². The first-order valence-corrected chi connectivity index (χ1v) is 13.2. The number of fused-ring (bicyclic) bond motifs is 9. The van der Waals surface area contributed by atoms with E-state index in [1.54, 1.807) is 0 Å². The second-order valence-corrected chi connectivity index (χ2v) is 10.1. The summed E-state index contributed by atoms with van der Waals surface area (Å²) >= 11 is 0. The highest BCUT2D eigenvalue weighted by Crippen LogP contribution is 2.37. The molecule has 0 unspecified atom stereocenters. The SMILES string of the molecule is [c]1cccc2c3ccccc3n(-n3c4[c]cc(-n5c6ccccc6c6ccccc65)cc4c4ccccc43)c12. The first-order chi connectivity index (χ1) is 19.4. The van der Waals surface area contributed by atoms with Gasteiger partial charge in [-0.25, -0.2) is 9.35 Å². The van der Waals surface area contributed by atoms with Crippen LogP contribution < -0.4 is 0 Å². The van der Waals surface area contributed by atoms with E-state index >= 15 is 0 Å². The van der Waals surface area contributed by atoms with Crippen molar-refractivity contribution in [1.82, 2.24) is 13.9 Å². The summed E-state index contributed by atoms with van der Waals surface area (Å²) in [5, 5.41) is 7.31. The van der Waals surface area contributed by atoms with Crippen molar-refractivity contribution in [2.24, 2.45) is 0 Å². The molecular weight excluding hydrogens is 474 g/mol. The molecule has 0 saturated heterocycles. The van der Waals surface area contributed by atoms with E-state index in [-0.39, 0.29) is 0 Å². The predicted octanol–water partition coefficient (Wildman–Crippen LogP) is 8.91. The molecule has 2 radical (unpaired) electrons. The van der Waals surface area contributed by atoms with Crippen molar-refractivity contribution in [3.8, 4) is 5.69 Å². The van der Waals surface area contributed by atoms with Crippen LogP contribution in [0, 0.1) is 12.1 Å². The molecule has 3 heteroatoms. The molecule has 9 rings (SSSR count). The molecule has 0 aliphatic rings. The third-order valence-electron chi connectivity index (χ3n) is 8.05. The summed E-state index contributed by atoms with van der Waals surface area (Å²) in [4.78, 5) is 0. The molecule has 9 aromatic rings. The molecule has 6 aromatic carbocycles. The number of para-hydroxylation sites is 5. The first-order valence-electron chi connectivity index (χ1n) is 13.2. The van der Waals surface area contributed by atoms with Crippen molar-refractivity contribution in [2.75, 3.05) is 0 Å². The average molecular weight is 496 g/mol. The Morgan fingerprint density at radius 2 is 0.872 bits per heavy atom. The molecule has 0 aliphatic heterocycles. The van der Waals surface area contributed by atoms with Crippen molar-refractivity contribution < 1.29 is 0 Å². The summed E-state index contributed by atoms with van der Waals surface area (Å²) in [6.45, 7) is 0. The Balaban J connectivity index is 1.42. The highest BCUT2D eigenvalue weighted by atomic mass is 15.5. The summed E-state index contributed by atoms with van der Waals surface area (Å²) in [5.74, 6) is 0. The van der Waals surface area contributed by atoms with Crippen LogP contribution in [-0.4, -0.2) is 13.9 Å². The summed E-state index contributed by atoms with van der Waals surface area (Å²) in [7, 11) is 0.